The summed E-state index contributed by atoms with van der Waals surface area (Å²) in [6.45, 7) is 3.55. The number of halogens is 1. The van der Waals surface area contributed by atoms with Crippen molar-refractivity contribution < 1.29 is 22.4 Å². The van der Waals surface area contributed by atoms with Crippen molar-refractivity contribution in [3.8, 4) is 0 Å². The van der Waals surface area contributed by atoms with Crippen LogP contribution in [0.25, 0.3) is 0 Å². The van der Waals surface area contributed by atoms with Gasteiger partial charge in [0.15, 0.2) is 0 Å². The molecule has 0 aliphatic heterocycles. The number of rotatable bonds is 7. The van der Waals surface area contributed by atoms with E-state index in [4.69, 9.17) is 0 Å². The van der Waals surface area contributed by atoms with Crippen molar-refractivity contribution >= 4 is 27.5 Å². The fourth-order valence-corrected chi connectivity index (χ4v) is 3.15. The first-order chi connectivity index (χ1) is 13.1. The molecule has 2 aromatic rings. The maximum atomic E-state index is 13.0. The SMILES string of the molecule is CNS(=O)(=O)c1ccc(NC(=O)[C@@H](NC(=O)c2ccc(F)cc2)C(C)C)cc1. The molecule has 0 bridgehead atoms. The molecular weight excluding hydrogens is 385 g/mol. The Kier molecular flexibility index (Phi) is 6.87. The monoisotopic (exact) mass is 407 g/mol. The highest BCUT2D eigenvalue weighted by Gasteiger charge is 2.25. The first-order valence-corrected chi connectivity index (χ1v) is 10.0. The van der Waals surface area contributed by atoms with Gasteiger partial charge in [-0.2, -0.15) is 0 Å². The van der Waals surface area contributed by atoms with E-state index in [9.17, 15) is 22.4 Å². The molecule has 9 heteroatoms. The molecule has 2 amide bonds. The largest absolute Gasteiger partial charge is 0.340 e. The zero-order valence-electron chi connectivity index (χ0n) is 15.7. The van der Waals surface area contributed by atoms with E-state index in [1.165, 1.54) is 55.6 Å². The third kappa shape index (κ3) is 5.37. The molecule has 150 valence electrons. The first-order valence-electron chi connectivity index (χ1n) is 8.55. The molecular formula is C19H22FN3O4S. The molecule has 2 aromatic carbocycles. The molecule has 0 spiro atoms. The van der Waals surface area contributed by atoms with Gasteiger partial charge in [0.05, 0.1) is 4.90 Å². The second kappa shape index (κ2) is 8.94. The van der Waals surface area contributed by atoms with Crippen molar-refractivity contribution in [2.45, 2.75) is 24.8 Å². The highest BCUT2D eigenvalue weighted by atomic mass is 32.2. The first kappa shape index (κ1) is 21.5. The maximum absolute atomic E-state index is 13.0. The van der Waals surface area contributed by atoms with Gasteiger partial charge in [0.25, 0.3) is 5.91 Å². The van der Waals surface area contributed by atoms with E-state index in [1.54, 1.807) is 13.8 Å². The minimum atomic E-state index is -3.57. The van der Waals surface area contributed by atoms with E-state index in [0.717, 1.165) is 0 Å². The van der Waals surface area contributed by atoms with E-state index in [-0.39, 0.29) is 16.4 Å². The van der Waals surface area contributed by atoms with Gasteiger partial charge in [-0.05, 0) is 61.5 Å². The van der Waals surface area contributed by atoms with Gasteiger partial charge >= 0.3 is 0 Å². The summed E-state index contributed by atoms with van der Waals surface area (Å²) >= 11 is 0. The number of anilines is 1. The van der Waals surface area contributed by atoms with E-state index >= 15 is 0 Å². The van der Waals surface area contributed by atoms with Crippen molar-refractivity contribution in [1.29, 1.82) is 0 Å². The molecule has 0 aliphatic rings. The van der Waals surface area contributed by atoms with Crippen LogP contribution in [0, 0.1) is 11.7 Å². The predicted molar refractivity (Wildman–Crippen MR) is 104 cm³/mol. The lowest BCUT2D eigenvalue weighted by Gasteiger charge is -2.22. The van der Waals surface area contributed by atoms with Crippen LogP contribution >= 0.6 is 0 Å². The Morgan fingerprint density at radius 3 is 2.04 bits per heavy atom. The molecule has 7 nitrogen and oxygen atoms in total. The predicted octanol–water partition coefficient (Wildman–Crippen LogP) is 2.13. The van der Waals surface area contributed by atoms with Gasteiger partial charge in [-0.3, -0.25) is 9.59 Å². The molecule has 28 heavy (non-hydrogen) atoms. The van der Waals surface area contributed by atoms with E-state index in [1.807, 2.05) is 0 Å². The third-order valence-electron chi connectivity index (χ3n) is 4.04. The van der Waals surface area contributed by atoms with Crippen LogP contribution in [0.4, 0.5) is 10.1 Å². The fourth-order valence-electron chi connectivity index (χ4n) is 2.42. The number of hydrogen-bond donors (Lipinski definition) is 3. The summed E-state index contributed by atoms with van der Waals surface area (Å²) < 4.78 is 38.7. The summed E-state index contributed by atoms with van der Waals surface area (Å²) in [4.78, 5) is 25.0. The summed E-state index contributed by atoms with van der Waals surface area (Å²) in [5, 5.41) is 5.29. The Morgan fingerprint density at radius 2 is 1.54 bits per heavy atom. The van der Waals surface area contributed by atoms with E-state index < -0.39 is 33.7 Å². The van der Waals surface area contributed by atoms with Gasteiger partial charge in [-0.15, -0.1) is 0 Å². The van der Waals surface area contributed by atoms with Crippen molar-refractivity contribution in [1.82, 2.24) is 10.0 Å². The van der Waals surface area contributed by atoms with Gasteiger partial charge in [0.2, 0.25) is 15.9 Å². The Morgan fingerprint density at radius 1 is 0.964 bits per heavy atom. The third-order valence-corrected chi connectivity index (χ3v) is 5.47. The van der Waals surface area contributed by atoms with Crippen LogP contribution in [0.3, 0.4) is 0 Å². The van der Waals surface area contributed by atoms with Crippen molar-refractivity contribution in [2.24, 2.45) is 5.92 Å². The smallest absolute Gasteiger partial charge is 0.251 e. The molecule has 0 aliphatic carbocycles. The standard InChI is InChI=1S/C19H22FN3O4S/c1-12(2)17(23-18(24)13-4-6-14(20)7-5-13)19(25)22-15-8-10-16(11-9-15)28(26,27)21-3/h4-12,17,21H,1-3H3,(H,22,25)(H,23,24)/t17-/m0/s1. The normalized spacial score (nSPS) is 12.5. The lowest BCUT2D eigenvalue weighted by Crippen LogP contribution is -2.47. The van der Waals surface area contributed by atoms with Gasteiger partial charge in [-0.25, -0.2) is 17.5 Å². The zero-order valence-corrected chi connectivity index (χ0v) is 16.5. The van der Waals surface area contributed by atoms with Crippen LogP contribution in [-0.2, 0) is 14.8 Å². The quantitative estimate of drug-likeness (QED) is 0.654. The average Bonchev–Trinajstić information content (AvgIpc) is 2.66. The molecule has 0 unspecified atom stereocenters. The number of amides is 2. The van der Waals surface area contributed by atoms with Gasteiger partial charge in [-0.1, -0.05) is 13.8 Å². The highest BCUT2D eigenvalue weighted by Crippen LogP contribution is 2.15. The Balaban J connectivity index is 2.10. The number of sulfonamides is 1. The Hall–Kier alpha value is -2.78. The number of carbonyl (C=O) groups excluding carboxylic acids is 2. The number of hydrogen-bond acceptors (Lipinski definition) is 4. The Bertz CT molecular complexity index is 942. The molecule has 2 rings (SSSR count). The van der Waals surface area contributed by atoms with Crippen molar-refractivity contribution in [2.75, 3.05) is 12.4 Å². The second-order valence-electron chi connectivity index (χ2n) is 6.42. The van der Waals surface area contributed by atoms with Gasteiger partial charge in [0, 0.05) is 11.3 Å². The van der Waals surface area contributed by atoms with Crippen LogP contribution in [0.5, 0.6) is 0 Å². The molecule has 0 aromatic heterocycles. The van der Waals surface area contributed by atoms with Crippen LogP contribution in [0.15, 0.2) is 53.4 Å². The van der Waals surface area contributed by atoms with Crippen LogP contribution in [0.2, 0.25) is 0 Å². The molecule has 3 N–H and O–H groups in total. The summed E-state index contributed by atoms with van der Waals surface area (Å²) in [5.74, 6) is -1.62. The van der Waals surface area contributed by atoms with Crippen molar-refractivity contribution in [3.63, 3.8) is 0 Å². The van der Waals surface area contributed by atoms with Crippen molar-refractivity contribution in [3.05, 3.63) is 59.9 Å². The molecule has 0 radical (unpaired) electrons. The number of benzene rings is 2. The zero-order chi connectivity index (χ0) is 20.9. The number of carbonyl (C=O) groups is 2. The van der Waals surface area contributed by atoms with Gasteiger partial charge in [0.1, 0.15) is 11.9 Å². The minimum absolute atomic E-state index is 0.0676. The van der Waals surface area contributed by atoms with Crippen LogP contribution < -0.4 is 15.4 Å². The average molecular weight is 407 g/mol. The molecule has 0 saturated heterocycles. The summed E-state index contributed by atoms with van der Waals surface area (Å²) in [6.07, 6.45) is 0. The molecule has 0 fully saturated rings. The topological polar surface area (TPSA) is 104 Å². The van der Waals surface area contributed by atoms with Gasteiger partial charge < -0.3 is 10.6 Å². The highest BCUT2D eigenvalue weighted by molar-refractivity contribution is 7.89. The maximum Gasteiger partial charge on any atom is 0.251 e. The van der Waals surface area contributed by atoms with E-state index in [0.29, 0.717) is 5.69 Å². The lowest BCUT2D eigenvalue weighted by atomic mass is 10.0. The lowest BCUT2D eigenvalue weighted by molar-refractivity contribution is -0.118. The molecule has 0 heterocycles. The summed E-state index contributed by atoms with van der Waals surface area (Å²) in [5.41, 5.74) is 0.628. The van der Waals surface area contributed by atoms with E-state index in [2.05, 4.69) is 15.4 Å². The van der Waals surface area contributed by atoms with Crippen LogP contribution in [-0.4, -0.2) is 33.3 Å². The minimum Gasteiger partial charge on any atom is -0.340 e. The Labute approximate surface area is 163 Å². The summed E-state index contributed by atoms with van der Waals surface area (Å²) in [7, 11) is -2.26. The number of nitrogens with one attached hydrogen (secondary N) is 3. The molecule has 1 atom stereocenters. The molecule has 0 saturated carbocycles. The van der Waals surface area contributed by atoms with Crippen LogP contribution in [0.1, 0.15) is 24.2 Å². The fraction of sp³-hybridized carbons (Fsp3) is 0.263. The second-order valence-corrected chi connectivity index (χ2v) is 8.31. The summed E-state index contributed by atoms with van der Waals surface area (Å²) in [6, 6.07) is 9.81.